The van der Waals surface area contributed by atoms with Crippen molar-refractivity contribution in [3.63, 3.8) is 0 Å². The van der Waals surface area contributed by atoms with Crippen LogP contribution in [0.2, 0.25) is 0 Å². The largest absolute Gasteiger partial charge is 0.478 e. The molecule has 76 valence electrons. The first kappa shape index (κ1) is 11.0. The molecule has 1 aromatic rings. The Hall–Kier alpha value is -1.03. The lowest BCUT2D eigenvalue weighted by atomic mass is 9.98. The first-order valence-corrected chi connectivity index (χ1v) is 5.05. The minimum atomic E-state index is -0.995. The molecule has 0 spiro atoms. The van der Waals surface area contributed by atoms with Gasteiger partial charge in [-0.1, -0.05) is 29.8 Å². The molecule has 14 heavy (non-hydrogen) atoms. The van der Waals surface area contributed by atoms with E-state index >= 15 is 0 Å². The molecule has 3 nitrogen and oxygen atoms in total. The number of hydrogen-bond acceptors (Lipinski definition) is 2. The van der Waals surface area contributed by atoms with Crippen molar-refractivity contribution in [2.45, 2.75) is 19.8 Å². The van der Waals surface area contributed by atoms with Gasteiger partial charge in [-0.15, -0.1) is 0 Å². The van der Waals surface area contributed by atoms with Crippen molar-refractivity contribution in [2.75, 3.05) is 5.73 Å². The van der Waals surface area contributed by atoms with E-state index in [9.17, 15) is 4.79 Å². The summed E-state index contributed by atoms with van der Waals surface area (Å²) in [6, 6.07) is 3.37. The molecule has 0 saturated carbocycles. The summed E-state index contributed by atoms with van der Waals surface area (Å²) in [4.78, 5) is 10.8. The van der Waals surface area contributed by atoms with Crippen LogP contribution in [0.15, 0.2) is 16.6 Å². The zero-order valence-electron chi connectivity index (χ0n) is 8.04. The monoisotopic (exact) mass is 257 g/mol. The minimum absolute atomic E-state index is 0.156. The fraction of sp³-hybridized carbons (Fsp3) is 0.300. The Morgan fingerprint density at radius 1 is 1.50 bits per heavy atom. The molecule has 0 aliphatic carbocycles. The third-order valence-electron chi connectivity index (χ3n) is 2.03. The van der Waals surface area contributed by atoms with Crippen LogP contribution >= 0.6 is 15.9 Å². The number of anilines is 1. The molecular weight excluding hydrogens is 246 g/mol. The van der Waals surface area contributed by atoms with Crippen LogP contribution in [0.5, 0.6) is 0 Å². The molecule has 0 unspecified atom stereocenters. The van der Waals surface area contributed by atoms with E-state index in [-0.39, 0.29) is 11.5 Å². The van der Waals surface area contributed by atoms with Crippen molar-refractivity contribution in [1.29, 1.82) is 0 Å². The fourth-order valence-corrected chi connectivity index (χ4v) is 1.77. The third kappa shape index (κ3) is 2.07. The van der Waals surface area contributed by atoms with E-state index in [1.165, 1.54) is 6.07 Å². The van der Waals surface area contributed by atoms with Crippen LogP contribution in [0.1, 0.15) is 35.7 Å². The van der Waals surface area contributed by atoms with Crippen molar-refractivity contribution in [3.05, 3.63) is 27.7 Å². The van der Waals surface area contributed by atoms with Gasteiger partial charge in [0.1, 0.15) is 0 Å². The molecule has 0 saturated heterocycles. The highest BCUT2D eigenvalue weighted by molar-refractivity contribution is 9.10. The van der Waals surface area contributed by atoms with Crippen molar-refractivity contribution in [3.8, 4) is 0 Å². The number of nitrogens with two attached hydrogens (primary N) is 1. The standard InChI is InChI=1S/C10H12BrNO2/c1-5(2)7-3-6(11)4-8(9(7)12)10(13)14/h3-5H,12H2,1-2H3,(H,13,14). The molecule has 1 aromatic carbocycles. The quantitative estimate of drug-likeness (QED) is 0.801. The van der Waals surface area contributed by atoms with Gasteiger partial charge in [-0.25, -0.2) is 4.79 Å². The summed E-state index contributed by atoms with van der Waals surface area (Å²) in [6.45, 7) is 3.95. The maximum Gasteiger partial charge on any atom is 0.337 e. The second-order valence-corrected chi connectivity index (χ2v) is 4.33. The number of carbonyl (C=O) groups is 1. The number of rotatable bonds is 2. The molecular formula is C10H12BrNO2. The average Bonchev–Trinajstić information content (AvgIpc) is 2.07. The number of nitrogen functional groups attached to an aromatic ring is 1. The van der Waals surface area contributed by atoms with Crippen LogP contribution in [-0.2, 0) is 0 Å². The maximum absolute atomic E-state index is 10.8. The number of benzene rings is 1. The molecule has 0 aliphatic heterocycles. The molecule has 3 N–H and O–H groups in total. The number of carboxylic acid groups (broad SMARTS) is 1. The van der Waals surface area contributed by atoms with Crippen LogP contribution in [0.25, 0.3) is 0 Å². The fourth-order valence-electron chi connectivity index (χ4n) is 1.29. The summed E-state index contributed by atoms with van der Waals surface area (Å²) >= 11 is 3.26. The predicted octanol–water partition coefficient (Wildman–Crippen LogP) is 2.85. The van der Waals surface area contributed by atoms with Crippen molar-refractivity contribution < 1.29 is 9.90 Å². The lowest BCUT2D eigenvalue weighted by Crippen LogP contribution is -2.06. The molecule has 0 aromatic heterocycles. The summed E-state index contributed by atoms with van der Waals surface area (Å²) in [5, 5.41) is 8.90. The van der Waals surface area contributed by atoms with Crippen LogP contribution in [0.4, 0.5) is 5.69 Å². The molecule has 0 bridgehead atoms. The van der Waals surface area contributed by atoms with Gasteiger partial charge < -0.3 is 10.8 Å². The van der Waals surface area contributed by atoms with E-state index in [2.05, 4.69) is 15.9 Å². The molecule has 1 rings (SSSR count). The Morgan fingerprint density at radius 2 is 2.07 bits per heavy atom. The second kappa shape index (κ2) is 4.00. The molecule has 0 aliphatic rings. The number of halogens is 1. The zero-order valence-corrected chi connectivity index (χ0v) is 9.63. The Kier molecular flexibility index (Phi) is 3.16. The van der Waals surface area contributed by atoms with Crippen LogP contribution in [-0.4, -0.2) is 11.1 Å². The van der Waals surface area contributed by atoms with Crippen LogP contribution in [0.3, 0.4) is 0 Å². The van der Waals surface area contributed by atoms with Gasteiger partial charge in [-0.05, 0) is 23.6 Å². The number of hydrogen-bond donors (Lipinski definition) is 2. The summed E-state index contributed by atoms with van der Waals surface area (Å²) in [6.07, 6.45) is 0. The minimum Gasteiger partial charge on any atom is -0.478 e. The van der Waals surface area contributed by atoms with Crippen molar-refractivity contribution in [2.24, 2.45) is 0 Å². The van der Waals surface area contributed by atoms with Gasteiger partial charge in [0.2, 0.25) is 0 Å². The third-order valence-corrected chi connectivity index (χ3v) is 2.49. The average molecular weight is 258 g/mol. The van der Waals surface area contributed by atoms with Gasteiger partial charge in [-0.3, -0.25) is 0 Å². The molecule has 4 heteroatoms. The van der Waals surface area contributed by atoms with Gasteiger partial charge in [0.15, 0.2) is 0 Å². The van der Waals surface area contributed by atoms with Crippen LogP contribution in [0, 0.1) is 0 Å². The Balaban J connectivity index is 3.40. The lowest BCUT2D eigenvalue weighted by Gasteiger charge is -2.12. The molecule has 0 radical (unpaired) electrons. The lowest BCUT2D eigenvalue weighted by molar-refractivity contribution is 0.0698. The Bertz CT molecular complexity index is 375. The van der Waals surface area contributed by atoms with Crippen molar-refractivity contribution >= 4 is 27.6 Å². The van der Waals surface area contributed by atoms with E-state index in [1.54, 1.807) is 0 Å². The normalized spacial score (nSPS) is 10.6. The summed E-state index contributed by atoms with van der Waals surface area (Å²) in [5.74, 6) is -0.781. The zero-order chi connectivity index (χ0) is 10.9. The topological polar surface area (TPSA) is 63.3 Å². The molecule has 0 heterocycles. The highest BCUT2D eigenvalue weighted by atomic mass is 79.9. The summed E-state index contributed by atoms with van der Waals surface area (Å²) in [5.41, 5.74) is 7.12. The second-order valence-electron chi connectivity index (χ2n) is 3.42. The maximum atomic E-state index is 10.8. The Morgan fingerprint density at radius 3 is 2.50 bits per heavy atom. The van der Waals surface area contributed by atoms with Crippen LogP contribution < -0.4 is 5.73 Å². The van der Waals surface area contributed by atoms with Gasteiger partial charge >= 0.3 is 5.97 Å². The van der Waals surface area contributed by atoms with E-state index < -0.39 is 5.97 Å². The highest BCUT2D eigenvalue weighted by Gasteiger charge is 2.14. The summed E-state index contributed by atoms with van der Waals surface area (Å²) < 4.78 is 0.743. The van der Waals surface area contributed by atoms with Crippen molar-refractivity contribution in [1.82, 2.24) is 0 Å². The molecule has 0 amide bonds. The van der Waals surface area contributed by atoms with Gasteiger partial charge in [-0.2, -0.15) is 0 Å². The Labute approximate surface area is 91.1 Å². The van der Waals surface area contributed by atoms with Gasteiger partial charge in [0, 0.05) is 10.2 Å². The first-order valence-electron chi connectivity index (χ1n) is 4.25. The first-order chi connectivity index (χ1) is 6.43. The highest BCUT2D eigenvalue weighted by Crippen LogP contribution is 2.29. The SMILES string of the molecule is CC(C)c1cc(Br)cc(C(=O)O)c1N. The van der Waals surface area contributed by atoms with E-state index in [0.717, 1.165) is 10.0 Å². The summed E-state index contributed by atoms with van der Waals surface area (Å²) in [7, 11) is 0. The van der Waals surface area contributed by atoms with Gasteiger partial charge in [0.25, 0.3) is 0 Å². The van der Waals surface area contributed by atoms with E-state index in [0.29, 0.717) is 5.69 Å². The molecule has 0 fully saturated rings. The van der Waals surface area contributed by atoms with Gasteiger partial charge in [0.05, 0.1) is 5.56 Å². The van der Waals surface area contributed by atoms with E-state index in [4.69, 9.17) is 10.8 Å². The number of aromatic carboxylic acids is 1. The smallest absolute Gasteiger partial charge is 0.337 e. The molecule has 0 atom stereocenters. The number of carboxylic acids is 1. The van der Waals surface area contributed by atoms with E-state index in [1.807, 2.05) is 19.9 Å². The predicted molar refractivity (Wildman–Crippen MR) is 59.6 cm³/mol.